The molecule has 2 heteroatoms. The van der Waals surface area contributed by atoms with Crippen molar-refractivity contribution >= 4 is 6.29 Å². The van der Waals surface area contributed by atoms with Gasteiger partial charge in [0, 0.05) is 0 Å². The van der Waals surface area contributed by atoms with Crippen LogP contribution in [0.4, 0.5) is 4.39 Å². The van der Waals surface area contributed by atoms with Crippen LogP contribution in [0.5, 0.6) is 0 Å². The summed E-state index contributed by atoms with van der Waals surface area (Å²) in [5, 5.41) is 0. The molecule has 1 rings (SSSR count). The molecule has 1 atom stereocenters. The monoisotopic (exact) mass is 180 g/mol. The van der Waals surface area contributed by atoms with Crippen LogP contribution in [-0.4, -0.2) is 6.29 Å². The lowest BCUT2D eigenvalue weighted by Gasteiger charge is -2.03. The summed E-state index contributed by atoms with van der Waals surface area (Å²) >= 11 is 0. The number of benzene rings is 1. The molecule has 0 aliphatic rings. The summed E-state index contributed by atoms with van der Waals surface area (Å²) in [7, 11) is 0. The Balaban J connectivity index is 2.84. The Morgan fingerprint density at radius 2 is 2.31 bits per heavy atom. The zero-order valence-electron chi connectivity index (χ0n) is 7.66. The molecule has 1 nitrogen and oxygen atoms in total. The summed E-state index contributed by atoms with van der Waals surface area (Å²) in [5.74, 6) is 0. The van der Waals surface area contributed by atoms with Gasteiger partial charge in [-0.2, -0.15) is 0 Å². The molecule has 0 saturated carbocycles. The van der Waals surface area contributed by atoms with Gasteiger partial charge in [-0.05, 0) is 17.5 Å². The van der Waals surface area contributed by atoms with Gasteiger partial charge in [-0.3, -0.25) is 4.79 Å². The highest BCUT2D eigenvalue weighted by molar-refractivity contribution is 5.59. The number of carbonyl (C=O) groups excluding carboxylic acids is 1. The zero-order valence-corrected chi connectivity index (χ0v) is 7.66. The molecule has 0 spiro atoms. The smallest absolute Gasteiger partial charge is 0.180 e. The summed E-state index contributed by atoms with van der Waals surface area (Å²) in [6.45, 7) is 2.07. The Kier molecular flexibility index (Phi) is 3.62. The molecule has 0 fully saturated rings. The molecule has 1 aromatic rings. The summed E-state index contributed by atoms with van der Waals surface area (Å²) in [4.78, 5) is 10.2. The fourth-order valence-electron chi connectivity index (χ4n) is 1.29. The van der Waals surface area contributed by atoms with Crippen LogP contribution in [0.2, 0.25) is 0 Å². The van der Waals surface area contributed by atoms with E-state index < -0.39 is 6.17 Å². The topological polar surface area (TPSA) is 17.1 Å². The lowest BCUT2D eigenvalue weighted by molar-refractivity contribution is -0.112. The van der Waals surface area contributed by atoms with Crippen molar-refractivity contribution in [2.45, 2.75) is 25.9 Å². The van der Waals surface area contributed by atoms with E-state index in [0.29, 0.717) is 11.8 Å². The van der Waals surface area contributed by atoms with Crippen molar-refractivity contribution in [3.63, 3.8) is 0 Å². The molecule has 1 aromatic carbocycles. The molecule has 70 valence electrons. The third-order valence-electron chi connectivity index (χ3n) is 1.93. The van der Waals surface area contributed by atoms with E-state index in [2.05, 4.69) is 6.92 Å². The van der Waals surface area contributed by atoms with Gasteiger partial charge in [0.15, 0.2) is 12.5 Å². The molecule has 1 unspecified atom stereocenters. The van der Waals surface area contributed by atoms with Gasteiger partial charge in [0.2, 0.25) is 0 Å². The predicted molar refractivity (Wildman–Crippen MR) is 50.4 cm³/mol. The molecule has 0 aliphatic heterocycles. The number of hydrogen-bond acceptors (Lipinski definition) is 1. The second-order valence-electron chi connectivity index (χ2n) is 3.03. The Bertz CT molecular complexity index is 283. The Morgan fingerprint density at radius 3 is 2.92 bits per heavy atom. The third kappa shape index (κ3) is 2.65. The minimum absolute atomic E-state index is 0.324. The standard InChI is InChI=1S/C11H13FO/c1-2-4-9-5-3-6-10(7-9)11(12)8-13/h3,5-8,11H,2,4H2,1H3. The van der Waals surface area contributed by atoms with Crippen molar-refractivity contribution in [3.05, 3.63) is 35.4 Å². The minimum atomic E-state index is -1.48. The molecule has 0 N–H and O–H groups in total. The highest BCUT2D eigenvalue weighted by Crippen LogP contribution is 2.16. The number of alkyl halides is 1. The number of carbonyl (C=O) groups is 1. The number of aryl methyl sites for hydroxylation is 1. The quantitative estimate of drug-likeness (QED) is 0.651. The molecule has 0 bridgehead atoms. The SMILES string of the molecule is CCCc1cccc(C(F)C=O)c1. The van der Waals surface area contributed by atoms with Gasteiger partial charge in [0.1, 0.15) is 0 Å². The largest absolute Gasteiger partial charge is 0.300 e. The summed E-state index contributed by atoms with van der Waals surface area (Å²) in [6.07, 6.45) is 0.809. The fourth-order valence-corrected chi connectivity index (χ4v) is 1.29. The second kappa shape index (κ2) is 4.75. The third-order valence-corrected chi connectivity index (χ3v) is 1.93. The molecular formula is C11H13FO. The van der Waals surface area contributed by atoms with Crippen LogP contribution in [-0.2, 0) is 11.2 Å². The van der Waals surface area contributed by atoms with Crippen molar-refractivity contribution in [2.24, 2.45) is 0 Å². The Morgan fingerprint density at radius 1 is 1.54 bits per heavy atom. The van der Waals surface area contributed by atoms with E-state index in [1.807, 2.05) is 6.07 Å². The number of rotatable bonds is 4. The molecular weight excluding hydrogens is 167 g/mol. The van der Waals surface area contributed by atoms with Crippen molar-refractivity contribution in [1.29, 1.82) is 0 Å². The fraction of sp³-hybridized carbons (Fsp3) is 0.364. The van der Waals surface area contributed by atoms with Gasteiger partial charge >= 0.3 is 0 Å². The van der Waals surface area contributed by atoms with E-state index in [4.69, 9.17) is 0 Å². The van der Waals surface area contributed by atoms with E-state index in [0.717, 1.165) is 18.4 Å². The van der Waals surface area contributed by atoms with Gasteiger partial charge in [-0.25, -0.2) is 4.39 Å². The normalized spacial score (nSPS) is 12.5. The van der Waals surface area contributed by atoms with Gasteiger partial charge < -0.3 is 0 Å². The van der Waals surface area contributed by atoms with Crippen LogP contribution < -0.4 is 0 Å². The maximum Gasteiger partial charge on any atom is 0.180 e. The van der Waals surface area contributed by atoms with Crippen LogP contribution in [0.25, 0.3) is 0 Å². The van der Waals surface area contributed by atoms with Crippen molar-refractivity contribution in [2.75, 3.05) is 0 Å². The molecule has 0 saturated heterocycles. The van der Waals surface area contributed by atoms with Gasteiger partial charge in [0.05, 0.1) is 0 Å². The number of hydrogen-bond donors (Lipinski definition) is 0. The molecule has 13 heavy (non-hydrogen) atoms. The average molecular weight is 180 g/mol. The van der Waals surface area contributed by atoms with E-state index >= 15 is 0 Å². The van der Waals surface area contributed by atoms with Crippen LogP contribution >= 0.6 is 0 Å². The van der Waals surface area contributed by atoms with E-state index in [9.17, 15) is 9.18 Å². The number of halogens is 1. The highest BCUT2D eigenvalue weighted by atomic mass is 19.1. The molecule has 0 amide bonds. The Hall–Kier alpha value is -1.18. The van der Waals surface area contributed by atoms with Crippen LogP contribution in [0, 0.1) is 0 Å². The summed E-state index contributed by atoms with van der Waals surface area (Å²) in [5.41, 5.74) is 1.55. The first-order chi connectivity index (χ1) is 6.27. The average Bonchev–Trinajstić information content (AvgIpc) is 2.18. The summed E-state index contributed by atoms with van der Waals surface area (Å²) in [6, 6.07) is 7.13. The maximum atomic E-state index is 12.9. The van der Waals surface area contributed by atoms with Gasteiger partial charge in [-0.15, -0.1) is 0 Å². The lowest BCUT2D eigenvalue weighted by Crippen LogP contribution is -1.94. The van der Waals surface area contributed by atoms with Crippen LogP contribution in [0.3, 0.4) is 0 Å². The second-order valence-corrected chi connectivity index (χ2v) is 3.03. The van der Waals surface area contributed by atoms with E-state index in [-0.39, 0.29) is 0 Å². The molecule has 0 aromatic heterocycles. The summed E-state index contributed by atoms with van der Waals surface area (Å²) < 4.78 is 12.9. The van der Waals surface area contributed by atoms with Crippen LogP contribution in [0.15, 0.2) is 24.3 Å². The Labute approximate surface area is 77.6 Å². The van der Waals surface area contributed by atoms with Crippen molar-refractivity contribution in [1.82, 2.24) is 0 Å². The molecule has 0 radical (unpaired) electrons. The van der Waals surface area contributed by atoms with Gasteiger partial charge in [-0.1, -0.05) is 37.6 Å². The van der Waals surface area contributed by atoms with Crippen LogP contribution in [0.1, 0.15) is 30.6 Å². The van der Waals surface area contributed by atoms with Crippen molar-refractivity contribution < 1.29 is 9.18 Å². The molecule has 0 heterocycles. The first-order valence-corrected chi connectivity index (χ1v) is 4.46. The predicted octanol–water partition coefficient (Wildman–Crippen LogP) is 2.85. The zero-order chi connectivity index (χ0) is 9.68. The van der Waals surface area contributed by atoms with E-state index in [1.54, 1.807) is 18.2 Å². The first-order valence-electron chi connectivity index (χ1n) is 4.46. The van der Waals surface area contributed by atoms with Gasteiger partial charge in [0.25, 0.3) is 0 Å². The lowest BCUT2D eigenvalue weighted by atomic mass is 10.0. The van der Waals surface area contributed by atoms with E-state index in [1.165, 1.54) is 0 Å². The molecule has 0 aliphatic carbocycles. The first kappa shape index (κ1) is 9.90. The maximum absolute atomic E-state index is 12.9. The van der Waals surface area contributed by atoms with Crippen molar-refractivity contribution in [3.8, 4) is 0 Å². The number of aldehydes is 1. The minimum Gasteiger partial charge on any atom is -0.300 e. The highest BCUT2D eigenvalue weighted by Gasteiger charge is 2.07.